The molecule has 0 atom stereocenters. The Kier molecular flexibility index (Phi) is 3.43. The van der Waals surface area contributed by atoms with Gasteiger partial charge in [-0.2, -0.15) is 13.8 Å². The minimum absolute atomic E-state index is 0.416. The summed E-state index contributed by atoms with van der Waals surface area (Å²) in [7, 11) is 0. The SMILES string of the molecule is Clc1nsnc1NCc1ccc(-c2ccn[nH]2)cc1. The van der Waals surface area contributed by atoms with Crippen molar-refractivity contribution in [2.24, 2.45) is 0 Å². The molecule has 2 aromatic heterocycles. The number of H-pyrrole nitrogens is 1. The van der Waals surface area contributed by atoms with Gasteiger partial charge in [0, 0.05) is 12.7 Å². The summed E-state index contributed by atoms with van der Waals surface area (Å²) in [6, 6.07) is 10.1. The minimum atomic E-state index is 0.416. The monoisotopic (exact) mass is 291 g/mol. The summed E-state index contributed by atoms with van der Waals surface area (Å²) in [5.74, 6) is 0.629. The molecule has 0 amide bonds. The van der Waals surface area contributed by atoms with Gasteiger partial charge in [0.1, 0.15) is 0 Å². The predicted octanol–water partition coefficient (Wildman–Crippen LogP) is 3.19. The van der Waals surface area contributed by atoms with Gasteiger partial charge < -0.3 is 5.32 Å². The second-order valence-corrected chi connectivity index (χ2v) is 4.81. The van der Waals surface area contributed by atoms with E-state index >= 15 is 0 Å². The van der Waals surface area contributed by atoms with Gasteiger partial charge in [0.25, 0.3) is 0 Å². The zero-order valence-corrected chi connectivity index (χ0v) is 11.4. The highest BCUT2D eigenvalue weighted by Crippen LogP contribution is 2.20. The van der Waals surface area contributed by atoms with Gasteiger partial charge in [-0.1, -0.05) is 35.9 Å². The Labute approximate surface area is 119 Å². The zero-order valence-electron chi connectivity index (χ0n) is 9.80. The number of halogens is 1. The lowest BCUT2D eigenvalue weighted by molar-refractivity contribution is 1.09. The van der Waals surface area contributed by atoms with E-state index in [-0.39, 0.29) is 0 Å². The molecule has 0 spiro atoms. The highest BCUT2D eigenvalue weighted by atomic mass is 35.5. The van der Waals surface area contributed by atoms with E-state index in [9.17, 15) is 0 Å². The van der Waals surface area contributed by atoms with E-state index in [2.05, 4.69) is 36.4 Å². The summed E-state index contributed by atoms with van der Waals surface area (Å²) < 4.78 is 7.96. The molecule has 0 fully saturated rings. The normalized spacial score (nSPS) is 10.6. The zero-order chi connectivity index (χ0) is 13.1. The molecule has 2 N–H and O–H groups in total. The maximum Gasteiger partial charge on any atom is 0.186 e. The minimum Gasteiger partial charge on any atom is -0.363 e. The van der Waals surface area contributed by atoms with Gasteiger partial charge in [0.05, 0.1) is 17.4 Å². The first-order valence-electron chi connectivity index (χ1n) is 5.63. The molecule has 0 aliphatic rings. The maximum atomic E-state index is 5.86. The highest BCUT2D eigenvalue weighted by Gasteiger charge is 2.04. The number of anilines is 1. The molecule has 3 rings (SSSR count). The fraction of sp³-hybridized carbons (Fsp3) is 0.0833. The van der Waals surface area contributed by atoms with Crippen LogP contribution in [0.4, 0.5) is 5.82 Å². The lowest BCUT2D eigenvalue weighted by Crippen LogP contribution is -1.99. The first-order valence-corrected chi connectivity index (χ1v) is 6.74. The molecule has 7 heteroatoms. The molecule has 5 nitrogen and oxygen atoms in total. The summed E-state index contributed by atoms with van der Waals surface area (Å²) in [4.78, 5) is 0. The molecule has 96 valence electrons. The number of nitrogens with one attached hydrogen (secondary N) is 2. The second kappa shape index (κ2) is 5.38. The predicted molar refractivity (Wildman–Crippen MR) is 76.3 cm³/mol. The average molecular weight is 292 g/mol. The van der Waals surface area contributed by atoms with Gasteiger partial charge in [0.2, 0.25) is 0 Å². The van der Waals surface area contributed by atoms with E-state index < -0.39 is 0 Å². The van der Waals surface area contributed by atoms with Crippen LogP contribution in [-0.4, -0.2) is 18.9 Å². The van der Waals surface area contributed by atoms with Crippen molar-refractivity contribution in [2.45, 2.75) is 6.54 Å². The van der Waals surface area contributed by atoms with Crippen molar-refractivity contribution >= 4 is 29.1 Å². The van der Waals surface area contributed by atoms with E-state index in [1.54, 1.807) is 6.20 Å². The van der Waals surface area contributed by atoms with Crippen molar-refractivity contribution < 1.29 is 0 Å². The fourth-order valence-electron chi connectivity index (χ4n) is 1.69. The molecule has 0 aliphatic carbocycles. The van der Waals surface area contributed by atoms with Crippen LogP contribution in [-0.2, 0) is 6.54 Å². The number of aromatic nitrogens is 4. The number of aromatic amines is 1. The van der Waals surface area contributed by atoms with Crippen LogP contribution in [0.5, 0.6) is 0 Å². The highest BCUT2D eigenvalue weighted by molar-refractivity contribution is 6.99. The van der Waals surface area contributed by atoms with Gasteiger partial charge >= 0.3 is 0 Å². The Bertz CT molecular complexity index is 647. The number of rotatable bonds is 4. The second-order valence-electron chi connectivity index (χ2n) is 3.92. The molecule has 3 aromatic rings. The van der Waals surface area contributed by atoms with E-state index in [0.717, 1.165) is 28.5 Å². The van der Waals surface area contributed by atoms with Crippen molar-refractivity contribution in [1.82, 2.24) is 18.9 Å². The summed E-state index contributed by atoms with van der Waals surface area (Å²) in [5.41, 5.74) is 3.26. The molecule has 0 saturated carbocycles. The molecule has 0 radical (unpaired) electrons. The molecule has 0 aliphatic heterocycles. The van der Waals surface area contributed by atoms with Gasteiger partial charge in [-0.15, -0.1) is 0 Å². The lowest BCUT2D eigenvalue weighted by atomic mass is 10.1. The van der Waals surface area contributed by atoms with Crippen LogP contribution in [0.2, 0.25) is 5.15 Å². The third-order valence-corrected chi connectivity index (χ3v) is 3.57. The molecule has 0 saturated heterocycles. The molecular formula is C12H10ClN5S. The number of hydrogen-bond donors (Lipinski definition) is 2. The van der Waals surface area contributed by atoms with Gasteiger partial charge in [-0.05, 0) is 17.2 Å². The number of nitrogens with zero attached hydrogens (tertiary/aromatic N) is 3. The summed E-state index contributed by atoms with van der Waals surface area (Å²) in [6.07, 6.45) is 1.74. The van der Waals surface area contributed by atoms with Crippen LogP contribution >= 0.6 is 23.3 Å². The van der Waals surface area contributed by atoms with Gasteiger partial charge in [-0.25, -0.2) is 0 Å². The molecular weight excluding hydrogens is 282 g/mol. The van der Waals surface area contributed by atoms with Crippen LogP contribution in [0, 0.1) is 0 Å². The summed E-state index contributed by atoms with van der Waals surface area (Å²) in [6.45, 7) is 0.661. The Morgan fingerprint density at radius 1 is 1.16 bits per heavy atom. The van der Waals surface area contributed by atoms with Crippen molar-refractivity contribution in [1.29, 1.82) is 0 Å². The summed E-state index contributed by atoms with van der Waals surface area (Å²) >= 11 is 6.96. The maximum absolute atomic E-state index is 5.86. The molecule has 1 aromatic carbocycles. The van der Waals surface area contributed by atoms with Crippen molar-refractivity contribution in [2.75, 3.05) is 5.32 Å². The first kappa shape index (κ1) is 12.1. The largest absolute Gasteiger partial charge is 0.363 e. The van der Waals surface area contributed by atoms with Crippen LogP contribution in [0.3, 0.4) is 0 Å². The van der Waals surface area contributed by atoms with E-state index in [1.807, 2.05) is 18.2 Å². The molecule has 0 bridgehead atoms. The third kappa shape index (κ3) is 2.74. The number of benzene rings is 1. The third-order valence-electron chi connectivity index (χ3n) is 2.67. The Morgan fingerprint density at radius 3 is 2.63 bits per heavy atom. The average Bonchev–Trinajstić information content (AvgIpc) is 3.09. The van der Waals surface area contributed by atoms with Crippen molar-refractivity contribution in [3.63, 3.8) is 0 Å². The first-order chi connectivity index (χ1) is 9.33. The van der Waals surface area contributed by atoms with E-state index in [4.69, 9.17) is 11.6 Å². The van der Waals surface area contributed by atoms with E-state index in [1.165, 1.54) is 0 Å². The molecule has 0 unspecified atom stereocenters. The quantitative estimate of drug-likeness (QED) is 0.775. The Hall–Kier alpha value is -1.92. The topological polar surface area (TPSA) is 66.5 Å². The lowest BCUT2D eigenvalue weighted by Gasteiger charge is -2.04. The van der Waals surface area contributed by atoms with Gasteiger partial charge in [-0.3, -0.25) is 5.10 Å². The Morgan fingerprint density at radius 2 is 2.00 bits per heavy atom. The van der Waals surface area contributed by atoms with Crippen LogP contribution in [0.1, 0.15) is 5.56 Å². The van der Waals surface area contributed by atoms with Crippen molar-refractivity contribution in [3.8, 4) is 11.3 Å². The smallest absolute Gasteiger partial charge is 0.186 e. The van der Waals surface area contributed by atoms with E-state index in [0.29, 0.717) is 17.5 Å². The van der Waals surface area contributed by atoms with Crippen LogP contribution < -0.4 is 5.32 Å². The van der Waals surface area contributed by atoms with Crippen LogP contribution in [0.15, 0.2) is 36.5 Å². The standard InChI is InChI=1S/C12H10ClN5S/c13-11-12(18-19-17-11)14-7-8-1-3-9(4-2-8)10-5-6-15-16-10/h1-6H,7H2,(H,14,18)(H,15,16). The van der Waals surface area contributed by atoms with Gasteiger partial charge in [0.15, 0.2) is 11.0 Å². The fourth-order valence-corrected chi connectivity index (χ4v) is 2.37. The molecule has 19 heavy (non-hydrogen) atoms. The Balaban J connectivity index is 1.68. The van der Waals surface area contributed by atoms with Crippen molar-refractivity contribution in [3.05, 3.63) is 47.2 Å². The molecule has 2 heterocycles. The van der Waals surface area contributed by atoms with Crippen LogP contribution in [0.25, 0.3) is 11.3 Å². The summed E-state index contributed by atoms with van der Waals surface area (Å²) in [5, 5.41) is 10.4. The number of hydrogen-bond acceptors (Lipinski definition) is 5.